The number of fused-ring (bicyclic) bond motifs is 1. The molecular weight excluding hydrogens is 190 g/mol. The standard InChI is InChI=1S/C12H13NO2/c1-7-5-10-4-3-9(6-11(10)13-7)8(2)12(14)15/h3-6,8,13H,1-2H3,(H,14,15). The lowest BCUT2D eigenvalue weighted by molar-refractivity contribution is -0.138. The summed E-state index contributed by atoms with van der Waals surface area (Å²) in [5.74, 6) is -1.25. The van der Waals surface area contributed by atoms with Gasteiger partial charge in [0.05, 0.1) is 5.92 Å². The van der Waals surface area contributed by atoms with Crippen LogP contribution < -0.4 is 0 Å². The van der Waals surface area contributed by atoms with E-state index in [-0.39, 0.29) is 0 Å². The number of aromatic nitrogens is 1. The normalized spacial score (nSPS) is 12.9. The lowest BCUT2D eigenvalue weighted by atomic mass is 10.0. The Labute approximate surface area is 87.7 Å². The van der Waals surface area contributed by atoms with Crippen molar-refractivity contribution in [2.75, 3.05) is 0 Å². The van der Waals surface area contributed by atoms with Crippen molar-refractivity contribution in [1.29, 1.82) is 0 Å². The minimum absolute atomic E-state index is 0.460. The Morgan fingerprint density at radius 1 is 1.40 bits per heavy atom. The first-order valence-corrected chi connectivity index (χ1v) is 4.90. The van der Waals surface area contributed by atoms with Gasteiger partial charge in [0.2, 0.25) is 0 Å². The summed E-state index contributed by atoms with van der Waals surface area (Å²) in [6, 6.07) is 7.77. The third kappa shape index (κ3) is 1.73. The summed E-state index contributed by atoms with van der Waals surface area (Å²) >= 11 is 0. The topological polar surface area (TPSA) is 53.1 Å². The number of carboxylic acids is 1. The Kier molecular flexibility index (Phi) is 2.23. The minimum atomic E-state index is -0.794. The largest absolute Gasteiger partial charge is 0.481 e. The molecular formula is C12H13NO2. The van der Waals surface area contributed by atoms with Crippen molar-refractivity contribution in [1.82, 2.24) is 4.98 Å². The van der Waals surface area contributed by atoms with Crippen LogP contribution in [-0.2, 0) is 4.79 Å². The van der Waals surface area contributed by atoms with Gasteiger partial charge in [0.1, 0.15) is 0 Å². The van der Waals surface area contributed by atoms with Gasteiger partial charge in [0.15, 0.2) is 0 Å². The number of H-pyrrole nitrogens is 1. The highest BCUT2D eigenvalue weighted by Crippen LogP contribution is 2.22. The molecule has 1 aromatic heterocycles. The SMILES string of the molecule is Cc1cc2ccc(C(C)C(=O)O)cc2[nH]1. The summed E-state index contributed by atoms with van der Waals surface area (Å²) in [7, 11) is 0. The van der Waals surface area contributed by atoms with Crippen LogP contribution in [0.3, 0.4) is 0 Å². The van der Waals surface area contributed by atoms with Gasteiger partial charge in [-0.25, -0.2) is 0 Å². The highest BCUT2D eigenvalue weighted by molar-refractivity contribution is 5.83. The average molecular weight is 203 g/mol. The van der Waals surface area contributed by atoms with E-state index in [9.17, 15) is 4.79 Å². The van der Waals surface area contributed by atoms with Crippen LogP contribution in [0.1, 0.15) is 24.1 Å². The number of carbonyl (C=O) groups is 1. The van der Waals surface area contributed by atoms with E-state index in [1.807, 2.05) is 31.2 Å². The third-order valence-corrected chi connectivity index (χ3v) is 2.65. The maximum absolute atomic E-state index is 10.8. The van der Waals surface area contributed by atoms with Crippen LogP contribution in [-0.4, -0.2) is 16.1 Å². The molecule has 0 amide bonds. The number of rotatable bonds is 2. The molecule has 0 aliphatic heterocycles. The van der Waals surface area contributed by atoms with E-state index in [4.69, 9.17) is 5.11 Å². The first-order chi connectivity index (χ1) is 7.08. The fraction of sp³-hybridized carbons (Fsp3) is 0.250. The monoisotopic (exact) mass is 203 g/mol. The molecule has 2 rings (SSSR count). The summed E-state index contributed by atoms with van der Waals surface area (Å²) in [6.07, 6.45) is 0. The number of hydrogen-bond acceptors (Lipinski definition) is 1. The van der Waals surface area contributed by atoms with Gasteiger partial charge in [-0.1, -0.05) is 12.1 Å². The maximum Gasteiger partial charge on any atom is 0.310 e. The molecule has 3 nitrogen and oxygen atoms in total. The van der Waals surface area contributed by atoms with E-state index in [2.05, 4.69) is 4.98 Å². The highest BCUT2D eigenvalue weighted by Gasteiger charge is 2.13. The van der Waals surface area contributed by atoms with Gasteiger partial charge < -0.3 is 10.1 Å². The van der Waals surface area contributed by atoms with E-state index in [0.29, 0.717) is 0 Å². The third-order valence-electron chi connectivity index (χ3n) is 2.65. The summed E-state index contributed by atoms with van der Waals surface area (Å²) < 4.78 is 0. The van der Waals surface area contributed by atoms with E-state index < -0.39 is 11.9 Å². The van der Waals surface area contributed by atoms with E-state index in [1.54, 1.807) is 6.92 Å². The number of hydrogen-bond donors (Lipinski definition) is 2. The summed E-state index contributed by atoms with van der Waals surface area (Å²) in [4.78, 5) is 14.0. The quantitative estimate of drug-likeness (QED) is 0.788. The van der Waals surface area contributed by atoms with Gasteiger partial charge in [0, 0.05) is 11.2 Å². The Bertz CT molecular complexity index is 513. The van der Waals surface area contributed by atoms with Crippen LogP contribution in [0.2, 0.25) is 0 Å². The van der Waals surface area contributed by atoms with Crippen molar-refractivity contribution in [3.05, 3.63) is 35.5 Å². The Morgan fingerprint density at radius 3 is 2.80 bits per heavy atom. The second kappa shape index (κ2) is 3.42. The maximum atomic E-state index is 10.8. The number of aliphatic carboxylic acids is 1. The predicted octanol–water partition coefficient (Wildman–Crippen LogP) is 2.66. The van der Waals surface area contributed by atoms with E-state index in [0.717, 1.165) is 22.2 Å². The first-order valence-electron chi connectivity index (χ1n) is 4.90. The Balaban J connectivity index is 2.50. The molecule has 1 aromatic carbocycles. The summed E-state index contributed by atoms with van der Waals surface area (Å²) in [5, 5.41) is 10.0. The van der Waals surface area contributed by atoms with Gasteiger partial charge >= 0.3 is 5.97 Å². The second-order valence-corrected chi connectivity index (χ2v) is 3.86. The molecule has 15 heavy (non-hydrogen) atoms. The highest BCUT2D eigenvalue weighted by atomic mass is 16.4. The number of nitrogens with one attached hydrogen (secondary N) is 1. The molecule has 0 saturated carbocycles. The number of carboxylic acid groups (broad SMARTS) is 1. The van der Waals surface area contributed by atoms with Crippen LogP contribution in [0.4, 0.5) is 0 Å². The minimum Gasteiger partial charge on any atom is -0.481 e. The van der Waals surface area contributed by atoms with E-state index >= 15 is 0 Å². The van der Waals surface area contributed by atoms with Crippen molar-refractivity contribution < 1.29 is 9.90 Å². The van der Waals surface area contributed by atoms with Gasteiger partial charge in [0.25, 0.3) is 0 Å². The van der Waals surface area contributed by atoms with Crippen molar-refractivity contribution in [3.8, 4) is 0 Å². The number of aromatic amines is 1. The Morgan fingerprint density at radius 2 is 2.13 bits per heavy atom. The van der Waals surface area contributed by atoms with Gasteiger partial charge in [-0.2, -0.15) is 0 Å². The Hall–Kier alpha value is -1.77. The number of benzene rings is 1. The molecule has 2 aromatic rings. The van der Waals surface area contributed by atoms with Crippen LogP contribution in [0.5, 0.6) is 0 Å². The fourth-order valence-corrected chi connectivity index (χ4v) is 1.70. The van der Waals surface area contributed by atoms with Crippen molar-refractivity contribution in [2.45, 2.75) is 19.8 Å². The lowest BCUT2D eigenvalue weighted by Gasteiger charge is -2.05. The average Bonchev–Trinajstić information content (AvgIpc) is 2.55. The van der Waals surface area contributed by atoms with Crippen molar-refractivity contribution in [2.24, 2.45) is 0 Å². The fourth-order valence-electron chi connectivity index (χ4n) is 1.70. The van der Waals surface area contributed by atoms with Crippen LogP contribution in [0, 0.1) is 6.92 Å². The van der Waals surface area contributed by atoms with Gasteiger partial charge in [-0.3, -0.25) is 4.79 Å². The molecule has 0 radical (unpaired) electrons. The van der Waals surface area contributed by atoms with Gasteiger partial charge in [-0.05, 0) is 36.9 Å². The first kappa shape index (κ1) is 9.77. The smallest absolute Gasteiger partial charge is 0.310 e. The molecule has 0 saturated heterocycles. The zero-order valence-electron chi connectivity index (χ0n) is 8.74. The molecule has 1 heterocycles. The molecule has 78 valence electrons. The van der Waals surface area contributed by atoms with Crippen LogP contribution in [0.25, 0.3) is 10.9 Å². The summed E-state index contributed by atoms with van der Waals surface area (Å²) in [5.41, 5.74) is 2.92. The molecule has 0 bridgehead atoms. The van der Waals surface area contributed by atoms with E-state index in [1.165, 1.54) is 0 Å². The summed E-state index contributed by atoms with van der Waals surface area (Å²) in [6.45, 7) is 3.68. The van der Waals surface area contributed by atoms with Gasteiger partial charge in [-0.15, -0.1) is 0 Å². The van der Waals surface area contributed by atoms with Crippen LogP contribution >= 0.6 is 0 Å². The molecule has 2 N–H and O–H groups in total. The van der Waals surface area contributed by atoms with Crippen molar-refractivity contribution in [3.63, 3.8) is 0 Å². The lowest BCUT2D eigenvalue weighted by Crippen LogP contribution is -2.06. The predicted molar refractivity (Wildman–Crippen MR) is 59.1 cm³/mol. The van der Waals surface area contributed by atoms with Crippen molar-refractivity contribution >= 4 is 16.9 Å². The molecule has 1 unspecified atom stereocenters. The molecule has 0 spiro atoms. The molecule has 0 fully saturated rings. The zero-order chi connectivity index (χ0) is 11.0. The second-order valence-electron chi connectivity index (χ2n) is 3.86. The molecule has 0 aliphatic rings. The molecule has 0 aliphatic carbocycles. The van der Waals surface area contributed by atoms with Crippen LogP contribution in [0.15, 0.2) is 24.3 Å². The molecule has 3 heteroatoms. The number of aryl methyl sites for hydroxylation is 1. The zero-order valence-corrected chi connectivity index (χ0v) is 8.74. The molecule has 1 atom stereocenters.